The highest BCUT2D eigenvalue weighted by Crippen LogP contribution is 2.77. The fourth-order valence-corrected chi connectivity index (χ4v) is 7.49. The molecular weight excluding hydrogens is 352 g/mol. The molecule has 3 heterocycles. The van der Waals surface area contributed by atoms with Gasteiger partial charge in [0.25, 0.3) is 0 Å². The minimum absolute atomic E-state index is 0.0230. The molecule has 0 unspecified atom stereocenters. The third kappa shape index (κ3) is 1.47. The highest BCUT2D eigenvalue weighted by Gasteiger charge is 2.94. The molecule has 9 atom stereocenters. The second-order valence-electron chi connectivity index (χ2n) is 9.89. The van der Waals surface area contributed by atoms with Crippen LogP contribution in [0.1, 0.15) is 40.0 Å². The molecule has 7 heteroatoms. The number of rotatable bonds is 1. The highest BCUT2D eigenvalue weighted by molar-refractivity contribution is 5.93. The molecule has 0 aromatic carbocycles. The number of carbonyl (C=O) groups excluding carboxylic acids is 1. The van der Waals surface area contributed by atoms with Crippen molar-refractivity contribution in [2.75, 3.05) is 6.61 Å². The van der Waals surface area contributed by atoms with Gasteiger partial charge in [-0.05, 0) is 36.7 Å². The summed E-state index contributed by atoms with van der Waals surface area (Å²) >= 11 is 0. The van der Waals surface area contributed by atoms with E-state index in [0.717, 1.165) is 5.57 Å². The number of carbonyl (C=O) groups is 1. The fraction of sp³-hybridized carbons (Fsp3) is 0.850. The summed E-state index contributed by atoms with van der Waals surface area (Å²) in [4.78, 5) is 12.1. The molecule has 0 aromatic rings. The van der Waals surface area contributed by atoms with Crippen LogP contribution in [0.3, 0.4) is 0 Å². The Hall–Kier alpha value is -0.990. The molecule has 6 aliphatic rings. The number of ether oxygens (including phenoxy) is 3. The minimum Gasteiger partial charge on any atom is -0.458 e. The highest BCUT2D eigenvalue weighted by atomic mass is 16.7. The molecule has 2 saturated heterocycles. The number of esters is 1. The zero-order chi connectivity index (χ0) is 19.1. The van der Waals surface area contributed by atoms with Crippen molar-refractivity contribution in [1.29, 1.82) is 0 Å². The first-order valence-electron chi connectivity index (χ1n) is 9.99. The number of epoxide rings is 2. The van der Waals surface area contributed by atoms with Gasteiger partial charge < -0.3 is 29.5 Å². The van der Waals surface area contributed by atoms with Gasteiger partial charge in [0.2, 0.25) is 0 Å². The first kappa shape index (κ1) is 16.9. The Balaban J connectivity index is 1.49. The molecule has 2 saturated carbocycles. The molecule has 7 nitrogen and oxygen atoms in total. The van der Waals surface area contributed by atoms with E-state index in [-0.39, 0.29) is 30.7 Å². The van der Waals surface area contributed by atoms with Crippen molar-refractivity contribution in [3.05, 3.63) is 11.1 Å². The normalized spacial score (nSPS) is 60.1. The smallest absolute Gasteiger partial charge is 0.337 e. The van der Waals surface area contributed by atoms with Crippen LogP contribution in [0.5, 0.6) is 0 Å². The zero-order valence-electron chi connectivity index (χ0n) is 15.8. The first-order chi connectivity index (χ1) is 12.6. The van der Waals surface area contributed by atoms with E-state index in [4.69, 9.17) is 14.2 Å². The maximum atomic E-state index is 12.1. The Morgan fingerprint density at radius 3 is 2.63 bits per heavy atom. The van der Waals surface area contributed by atoms with Crippen LogP contribution in [-0.2, 0) is 19.0 Å². The van der Waals surface area contributed by atoms with Gasteiger partial charge in [-0.25, -0.2) is 4.79 Å². The summed E-state index contributed by atoms with van der Waals surface area (Å²) < 4.78 is 17.5. The van der Waals surface area contributed by atoms with Crippen molar-refractivity contribution in [3.63, 3.8) is 0 Å². The molecule has 0 radical (unpaired) electrons. The second kappa shape index (κ2) is 4.44. The monoisotopic (exact) mass is 378 g/mol. The second-order valence-corrected chi connectivity index (χ2v) is 9.89. The van der Waals surface area contributed by atoms with Crippen LogP contribution < -0.4 is 0 Å². The van der Waals surface area contributed by atoms with Crippen molar-refractivity contribution in [2.24, 2.45) is 17.3 Å². The Morgan fingerprint density at radius 2 is 1.93 bits per heavy atom. The first-order valence-corrected chi connectivity index (χ1v) is 9.99. The maximum absolute atomic E-state index is 12.1. The van der Waals surface area contributed by atoms with Gasteiger partial charge in [-0.15, -0.1) is 0 Å². The average molecular weight is 378 g/mol. The van der Waals surface area contributed by atoms with Crippen LogP contribution in [0.15, 0.2) is 11.1 Å². The van der Waals surface area contributed by atoms with Gasteiger partial charge in [-0.3, -0.25) is 0 Å². The van der Waals surface area contributed by atoms with Gasteiger partial charge in [0.1, 0.15) is 41.7 Å². The molecule has 3 aliphatic heterocycles. The summed E-state index contributed by atoms with van der Waals surface area (Å²) in [5, 5.41) is 33.8. The molecule has 27 heavy (non-hydrogen) atoms. The van der Waals surface area contributed by atoms with Crippen LogP contribution in [0, 0.1) is 17.3 Å². The van der Waals surface area contributed by atoms with E-state index in [9.17, 15) is 20.1 Å². The third-order valence-electron chi connectivity index (χ3n) is 8.80. The lowest BCUT2D eigenvalue weighted by Gasteiger charge is -2.59. The van der Waals surface area contributed by atoms with Crippen LogP contribution in [0.2, 0.25) is 0 Å². The van der Waals surface area contributed by atoms with Crippen molar-refractivity contribution in [1.82, 2.24) is 0 Å². The summed E-state index contributed by atoms with van der Waals surface area (Å²) in [6.07, 6.45) is -1.23. The number of hydrogen-bond donors (Lipinski definition) is 3. The maximum Gasteiger partial charge on any atom is 0.337 e. The van der Waals surface area contributed by atoms with Crippen molar-refractivity contribution in [3.8, 4) is 0 Å². The summed E-state index contributed by atoms with van der Waals surface area (Å²) in [6, 6.07) is 0. The van der Waals surface area contributed by atoms with Gasteiger partial charge >= 0.3 is 5.97 Å². The number of hydrogen-bond acceptors (Lipinski definition) is 7. The number of aliphatic hydroxyl groups is 3. The molecule has 1 spiro atoms. The molecule has 148 valence electrons. The number of cyclic esters (lactones) is 1. The van der Waals surface area contributed by atoms with Crippen molar-refractivity contribution < 1.29 is 34.3 Å². The van der Waals surface area contributed by atoms with E-state index < -0.39 is 40.4 Å². The van der Waals surface area contributed by atoms with Crippen molar-refractivity contribution in [2.45, 2.75) is 81.3 Å². The molecule has 0 bridgehead atoms. The largest absolute Gasteiger partial charge is 0.458 e. The lowest BCUT2D eigenvalue weighted by atomic mass is 9.45. The molecule has 0 aromatic heterocycles. The predicted octanol–water partition coefficient (Wildman–Crippen LogP) is 0.0575. The Bertz CT molecular complexity index is 806. The van der Waals surface area contributed by atoms with Gasteiger partial charge in [0.15, 0.2) is 0 Å². The van der Waals surface area contributed by atoms with E-state index in [2.05, 4.69) is 0 Å². The molecular formula is C20H26O7. The number of aliphatic hydroxyl groups excluding tert-OH is 2. The average Bonchev–Trinajstić information content (AvgIpc) is 3.46. The molecule has 6 rings (SSSR count). The lowest BCUT2D eigenvalue weighted by Crippen LogP contribution is -2.74. The predicted molar refractivity (Wildman–Crippen MR) is 90.4 cm³/mol. The number of fused-ring (bicyclic) bond motifs is 4. The van der Waals surface area contributed by atoms with E-state index in [1.807, 2.05) is 20.8 Å². The van der Waals surface area contributed by atoms with Gasteiger partial charge in [-0.2, -0.15) is 0 Å². The van der Waals surface area contributed by atoms with Crippen LogP contribution in [-0.4, -0.2) is 69.1 Å². The summed E-state index contributed by atoms with van der Waals surface area (Å²) in [6.45, 7) is 6.22. The molecule has 0 amide bonds. The SMILES string of the molecule is CC(C)[C@]12O[C@H]1[C@@H]1O[C@@]13[C@@]1(C)C[C@H](O)C4=C(COC4=O)[C@@H]1CC[C@@]3(O)[C@@H]2O. The third-order valence-corrected chi connectivity index (χ3v) is 8.80. The lowest BCUT2D eigenvalue weighted by molar-refractivity contribution is -0.221. The zero-order valence-corrected chi connectivity index (χ0v) is 15.8. The van der Waals surface area contributed by atoms with Crippen LogP contribution >= 0.6 is 0 Å². The summed E-state index contributed by atoms with van der Waals surface area (Å²) in [5.74, 6) is -0.398. The van der Waals surface area contributed by atoms with E-state index in [1.54, 1.807) is 0 Å². The van der Waals surface area contributed by atoms with E-state index in [0.29, 0.717) is 24.8 Å². The van der Waals surface area contributed by atoms with Crippen LogP contribution in [0.4, 0.5) is 0 Å². The van der Waals surface area contributed by atoms with Crippen molar-refractivity contribution >= 4 is 5.97 Å². The van der Waals surface area contributed by atoms with Gasteiger partial charge in [0.05, 0.1) is 11.7 Å². The fourth-order valence-electron chi connectivity index (χ4n) is 7.49. The Kier molecular flexibility index (Phi) is 2.78. The van der Waals surface area contributed by atoms with E-state index >= 15 is 0 Å². The molecule has 3 aliphatic carbocycles. The topological polar surface area (TPSA) is 112 Å². The molecule has 4 fully saturated rings. The van der Waals surface area contributed by atoms with Crippen LogP contribution in [0.25, 0.3) is 0 Å². The van der Waals surface area contributed by atoms with E-state index in [1.165, 1.54) is 0 Å². The van der Waals surface area contributed by atoms with Gasteiger partial charge in [0, 0.05) is 5.41 Å². The quantitative estimate of drug-likeness (QED) is 0.437. The van der Waals surface area contributed by atoms with Gasteiger partial charge in [-0.1, -0.05) is 20.8 Å². The Morgan fingerprint density at radius 1 is 1.19 bits per heavy atom. The molecule has 3 N–H and O–H groups in total. The standard InChI is InChI=1S/C20H26O7/c1-8(2)19-13(26-19)14-20(27-14)17(3)6-11(21)12-9(7-25-15(12)22)10(17)4-5-18(20,24)16(19)23/h8,10-11,13-14,16,21,23-24H,4-7H2,1-3H3/t10-,11-,13-,14-,16-,17-,18+,19-,20+/m0/s1. The minimum atomic E-state index is -1.43. The summed E-state index contributed by atoms with van der Waals surface area (Å²) in [5.41, 5.74) is -2.51. The Labute approximate surface area is 157 Å². The summed E-state index contributed by atoms with van der Waals surface area (Å²) in [7, 11) is 0.